The predicted octanol–water partition coefficient (Wildman–Crippen LogP) is 2.81. The first kappa shape index (κ1) is 16.1. The van der Waals surface area contributed by atoms with Gasteiger partial charge in [-0.3, -0.25) is 4.99 Å². The molecule has 0 saturated carbocycles. The zero-order valence-electron chi connectivity index (χ0n) is 13.7. The molecule has 5 heteroatoms. The summed E-state index contributed by atoms with van der Waals surface area (Å²) in [7, 11) is 1.74. The van der Waals surface area contributed by atoms with Crippen LogP contribution in [0, 0.1) is 0 Å². The molecule has 1 aliphatic rings. The average molecular weight is 323 g/mol. The first-order valence-corrected chi connectivity index (χ1v) is 8.02. The van der Waals surface area contributed by atoms with E-state index in [2.05, 4.69) is 10.3 Å². The minimum absolute atomic E-state index is 0.286. The van der Waals surface area contributed by atoms with E-state index in [1.807, 2.05) is 54.6 Å². The van der Waals surface area contributed by atoms with Crippen molar-refractivity contribution >= 4 is 11.9 Å². The molecule has 0 radical (unpaired) electrons. The number of benzene rings is 2. The zero-order valence-corrected chi connectivity index (χ0v) is 13.7. The van der Waals surface area contributed by atoms with Crippen LogP contribution in [0.15, 0.2) is 59.6 Å². The number of nitrogens with zero attached hydrogens (tertiary/aromatic N) is 2. The van der Waals surface area contributed by atoms with Crippen molar-refractivity contribution in [3.63, 3.8) is 0 Å². The highest BCUT2D eigenvalue weighted by atomic mass is 16.6. The highest BCUT2D eigenvalue weighted by molar-refractivity contribution is 5.99. The largest absolute Gasteiger partial charge is 0.445 e. The van der Waals surface area contributed by atoms with Gasteiger partial charge in [0.05, 0.1) is 6.54 Å². The lowest BCUT2D eigenvalue weighted by Crippen LogP contribution is -2.27. The highest BCUT2D eigenvalue weighted by Crippen LogP contribution is 2.10. The Bertz CT molecular complexity index is 711. The maximum Gasteiger partial charge on any atom is 0.410 e. The second-order valence-corrected chi connectivity index (χ2v) is 5.75. The molecule has 5 nitrogen and oxygen atoms in total. The van der Waals surface area contributed by atoms with Crippen LogP contribution in [0.3, 0.4) is 0 Å². The van der Waals surface area contributed by atoms with Crippen molar-refractivity contribution in [3.8, 4) is 0 Å². The number of hydrogen-bond acceptors (Lipinski definition) is 4. The SMILES string of the molecule is CN(Cc1ccc(C2=NCCN2)cc1)C(=O)OCc1ccccc1. The van der Waals surface area contributed by atoms with Crippen molar-refractivity contribution in [1.82, 2.24) is 10.2 Å². The first-order chi connectivity index (χ1) is 11.7. The summed E-state index contributed by atoms with van der Waals surface area (Å²) in [5.74, 6) is 0.942. The molecule has 2 aromatic rings. The summed E-state index contributed by atoms with van der Waals surface area (Å²) < 4.78 is 5.32. The molecular weight excluding hydrogens is 302 g/mol. The molecule has 0 atom stereocenters. The Hall–Kier alpha value is -2.82. The quantitative estimate of drug-likeness (QED) is 0.920. The fourth-order valence-corrected chi connectivity index (χ4v) is 2.53. The molecule has 3 rings (SSSR count). The molecule has 1 amide bonds. The highest BCUT2D eigenvalue weighted by Gasteiger charge is 2.12. The van der Waals surface area contributed by atoms with Gasteiger partial charge in [0.1, 0.15) is 12.4 Å². The summed E-state index contributed by atoms with van der Waals surface area (Å²) in [5, 5.41) is 3.25. The van der Waals surface area contributed by atoms with E-state index < -0.39 is 0 Å². The third-order valence-corrected chi connectivity index (χ3v) is 3.84. The number of aliphatic imine (C=N–C) groups is 1. The number of nitrogens with one attached hydrogen (secondary N) is 1. The molecule has 1 N–H and O–H groups in total. The molecule has 1 heterocycles. The Balaban J connectivity index is 1.52. The van der Waals surface area contributed by atoms with Crippen LogP contribution >= 0.6 is 0 Å². The van der Waals surface area contributed by atoms with Gasteiger partial charge in [-0.05, 0) is 11.1 Å². The summed E-state index contributed by atoms with van der Waals surface area (Å²) in [6.45, 7) is 2.52. The molecular formula is C19H21N3O2. The van der Waals surface area contributed by atoms with Gasteiger partial charge in [0.15, 0.2) is 0 Å². The number of rotatable bonds is 5. The number of amides is 1. The molecule has 0 unspecified atom stereocenters. The van der Waals surface area contributed by atoms with Crippen molar-refractivity contribution in [2.45, 2.75) is 13.2 Å². The maximum absolute atomic E-state index is 12.1. The molecule has 0 fully saturated rings. The number of ether oxygens (including phenoxy) is 1. The van der Waals surface area contributed by atoms with E-state index in [9.17, 15) is 4.79 Å². The Morgan fingerprint density at radius 2 is 1.88 bits per heavy atom. The van der Waals surface area contributed by atoms with Crippen molar-refractivity contribution in [2.24, 2.45) is 4.99 Å². The zero-order chi connectivity index (χ0) is 16.8. The van der Waals surface area contributed by atoms with Crippen LogP contribution in [0.2, 0.25) is 0 Å². The molecule has 0 spiro atoms. The molecule has 0 aliphatic carbocycles. The summed E-state index contributed by atoms with van der Waals surface area (Å²) >= 11 is 0. The van der Waals surface area contributed by atoms with Gasteiger partial charge in [0.25, 0.3) is 0 Å². The first-order valence-electron chi connectivity index (χ1n) is 8.02. The van der Waals surface area contributed by atoms with Crippen molar-refractivity contribution in [3.05, 3.63) is 71.3 Å². The smallest absolute Gasteiger partial charge is 0.410 e. The standard InChI is InChI=1S/C19H21N3O2/c1-22(19(23)24-14-16-5-3-2-4-6-16)13-15-7-9-17(10-8-15)18-20-11-12-21-18/h2-10H,11-14H2,1H3,(H,20,21). The third-order valence-electron chi connectivity index (χ3n) is 3.84. The molecule has 24 heavy (non-hydrogen) atoms. The second kappa shape index (κ2) is 7.64. The normalized spacial score (nSPS) is 13.1. The third kappa shape index (κ3) is 4.13. The van der Waals surface area contributed by atoms with Gasteiger partial charge in [-0.1, -0.05) is 54.6 Å². The van der Waals surface area contributed by atoms with E-state index in [0.29, 0.717) is 6.54 Å². The van der Waals surface area contributed by atoms with Crippen molar-refractivity contribution in [2.75, 3.05) is 20.1 Å². The van der Waals surface area contributed by atoms with E-state index in [1.54, 1.807) is 11.9 Å². The summed E-state index contributed by atoms with van der Waals surface area (Å²) in [6.07, 6.45) is -0.329. The van der Waals surface area contributed by atoms with Crippen LogP contribution in [-0.4, -0.2) is 37.0 Å². The fraction of sp³-hybridized carbons (Fsp3) is 0.263. The predicted molar refractivity (Wildman–Crippen MR) is 93.9 cm³/mol. The minimum Gasteiger partial charge on any atom is -0.445 e. The lowest BCUT2D eigenvalue weighted by atomic mass is 10.1. The van der Waals surface area contributed by atoms with Gasteiger partial charge in [-0.25, -0.2) is 4.79 Å². The van der Waals surface area contributed by atoms with Gasteiger partial charge in [-0.15, -0.1) is 0 Å². The van der Waals surface area contributed by atoms with Gasteiger partial charge >= 0.3 is 6.09 Å². The number of carbonyl (C=O) groups is 1. The summed E-state index contributed by atoms with van der Waals surface area (Å²) in [6, 6.07) is 17.7. The van der Waals surface area contributed by atoms with E-state index in [4.69, 9.17) is 4.74 Å². The maximum atomic E-state index is 12.1. The average Bonchev–Trinajstić information content (AvgIpc) is 3.16. The second-order valence-electron chi connectivity index (χ2n) is 5.75. The number of hydrogen-bond donors (Lipinski definition) is 1. The van der Waals surface area contributed by atoms with Gasteiger partial charge < -0.3 is 15.0 Å². The Morgan fingerprint density at radius 3 is 2.54 bits per heavy atom. The van der Waals surface area contributed by atoms with E-state index in [-0.39, 0.29) is 12.7 Å². The van der Waals surface area contributed by atoms with Gasteiger partial charge in [0, 0.05) is 25.7 Å². The van der Waals surface area contributed by atoms with Crippen LogP contribution in [-0.2, 0) is 17.9 Å². The number of amidine groups is 1. The van der Waals surface area contributed by atoms with Crippen molar-refractivity contribution < 1.29 is 9.53 Å². The van der Waals surface area contributed by atoms with Gasteiger partial charge in [-0.2, -0.15) is 0 Å². The lowest BCUT2D eigenvalue weighted by molar-refractivity contribution is 0.103. The van der Waals surface area contributed by atoms with E-state index >= 15 is 0 Å². The Kier molecular flexibility index (Phi) is 5.11. The lowest BCUT2D eigenvalue weighted by Gasteiger charge is -2.17. The van der Waals surface area contributed by atoms with Crippen LogP contribution in [0.1, 0.15) is 16.7 Å². The van der Waals surface area contributed by atoms with Crippen LogP contribution in [0.4, 0.5) is 4.79 Å². The topological polar surface area (TPSA) is 53.9 Å². The molecule has 124 valence electrons. The van der Waals surface area contributed by atoms with Crippen molar-refractivity contribution in [1.29, 1.82) is 0 Å². The Labute approximate surface area is 142 Å². The molecule has 2 aromatic carbocycles. The molecule has 0 bridgehead atoms. The van der Waals surface area contributed by atoms with E-state index in [0.717, 1.165) is 35.6 Å². The summed E-state index contributed by atoms with van der Waals surface area (Å²) in [4.78, 5) is 18.0. The summed E-state index contributed by atoms with van der Waals surface area (Å²) in [5.41, 5.74) is 3.11. The minimum atomic E-state index is -0.329. The number of carbonyl (C=O) groups excluding carboxylic acids is 1. The van der Waals surface area contributed by atoms with Crippen LogP contribution in [0.5, 0.6) is 0 Å². The molecule has 0 saturated heterocycles. The Morgan fingerprint density at radius 1 is 1.12 bits per heavy atom. The molecule has 1 aliphatic heterocycles. The monoisotopic (exact) mass is 323 g/mol. The molecule has 0 aromatic heterocycles. The van der Waals surface area contributed by atoms with Crippen LogP contribution in [0.25, 0.3) is 0 Å². The fourth-order valence-electron chi connectivity index (χ4n) is 2.53. The van der Waals surface area contributed by atoms with Gasteiger partial charge in [0.2, 0.25) is 0 Å². The van der Waals surface area contributed by atoms with Crippen LogP contribution < -0.4 is 5.32 Å². The van der Waals surface area contributed by atoms with E-state index in [1.165, 1.54) is 0 Å².